The summed E-state index contributed by atoms with van der Waals surface area (Å²) < 4.78 is 35.2. The highest BCUT2D eigenvalue weighted by Gasteiger charge is 2.15. The largest absolute Gasteiger partial charge is 0.497 e. The van der Waals surface area contributed by atoms with E-state index in [0.29, 0.717) is 35.9 Å². The van der Waals surface area contributed by atoms with Gasteiger partial charge in [-0.25, -0.2) is 18.1 Å². The van der Waals surface area contributed by atoms with Gasteiger partial charge in [-0.2, -0.15) is 9.61 Å². The summed E-state index contributed by atoms with van der Waals surface area (Å²) in [5, 5.41) is 8.37. The summed E-state index contributed by atoms with van der Waals surface area (Å²) in [5.41, 5.74) is 2.23. The number of hydrogen-bond acceptors (Lipinski definition) is 6. The third-order valence-corrected chi connectivity index (χ3v) is 7.48. The number of aromatic nitrogens is 3. The van der Waals surface area contributed by atoms with E-state index in [9.17, 15) is 8.42 Å². The molecule has 0 bridgehead atoms. The summed E-state index contributed by atoms with van der Waals surface area (Å²) >= 11 is 9.87. The number of hydrogen-bond donors (Lipinski definition) is 2. The Labute approximate surface area is 211 Å². The standard InChI is InChI=1S/C23H23BrClN5O3S/c1-33-16-7-6-8-17(13-16)34(31,32)28-12-5-4-11-26-22-14-21(18-9-2-3-10-20(18)25)29-23-19(24)15-27-30(22)23/h2-3,6-10,13-15,26,28H,4-5,11-12H2,1H3. The second-order valence-corrected chi connectivity index (χ2v) is 10.5. The van der Waals surface area contributed by atoms with E-state index >= 15 is 0 Å². The summed E-state index contributed by atoms with van der Waals surface area (Å²) in [7, 11) is -2.09. The van der Waals surface area contributed by atoms with Crippen molar-refractivity contribution >= 4 is 49.0 Å². The molecule has 2 aromatic heterocycles. The maximum atomic E-state index is 12.5. The van der Waals surface area contributed by atoms with Crippen LogP contribution in [0, 0.1) is 0 Å². The number of methoxy groups -OCH3 is 1. The van der Waals surface area contributed by atoms with Crippen LogP contribution in [0.2, 0.25) is 5.02 Å². The fourth-order valence-corrected chi connectivity index (χ4v) is 5.08. The number of halogens is 2. The minimum atomic E-state index is -3.59. The smallest absolute Gasteiger partial charge is 0.240 e. The molecular weight excluding hydrogens is 542 g/mol. The Bertz CT molecular complexity index is 1410. The van der Waals surface area contributed by atoms with Crippen molar-refractivity contribution in [1.29, 1.82) is 0 Å². The van der Waals surface area contributed by atoms with E-state index in [0.717, 1.165) is 28.0 Å². The van der Waals surface area contributed by atoms with Gasteiger partial charge in [0.2, 0.25) is 10.0 Å². The maximum absolute atomic E-state index is 12.5. The minimum absolute atomic E-state index is 0.181. The van der Waals surface area contributed by atoms with Crippen molar-refractivity contribution in [1.82, 2.24) is 19.3 Å². The summed E-state index contributed by atoms with van der Waals surface area (Å²) in [4.78, 5) is 4.88. The molecule has 2 heterocycles. The van der Waals surface area contributed by atoms with Crippen molar-refractivity contribution in [3.8, 4) is 17.0 Å². The van der Waals surface area contributed by atoms with Crippen LogP contribution < -0.4 is 14.8 Å². The normalized spacial score (nSPS) is 11.6. The number of ether oxygens (including phenoxy) is 1. The fourth-order valence-electron chi connectivity index (χ4n) is 3.39. The van der Waals surface area contributed by atoms with E-state index < -0.39 is 10.0 Å². The molecule has 0 aliphatic carbocycles. The number of fused-ring (bicyclic) bond motifs is 1. The van der Waals surface area contributed by atoms with Gasteiger partial charge >= 0.3 is 0 Å². The Hall–Kier alpha value is -2.66. The van der Waals surface area contributed by atoms with E-state index in [1.54, 1.807) is 28.9 Å². The second-order valence-electron chi connectivity index (χ2n) is 7.45. The van der Waals surface area contributed by atoms with Gasteiger partial charge in [0.15, 0.2) is 5.65 Å². The average molecular weight is 565 g/mol. The summed E-state index contributed by atoms with van der Waals surface area (Å²) in [6.45, 7) is 0.949. The van der Waals surface area contributed by atoms with E-state index in [1.165, 1.54) is 13.2 Å². The molecule has 8 nitrogen and oxygen atoms in total. The van der Waals surface area contributed by atoms with E-state index in [-0.39, 0.29) is 4.90 Å². The van der Waals surface area contributed by atoms with Crippen molar-refractivity contribution in [3.63, 3.8) is 0 Å². The van der Waals surface area contributed by atoms with E-state index in [1.807, 2.05) is 30.3 Å². The maximum Gasteiger partial charge on any atom is 0.240 e. The highest BCUT2D eigenvalue weighted by atomic mass is 79.9. The van der Waals surface area contributed by atoms with Crippen LogP contribution in [0.25, 0.3) is 16.9 Å². The van der Waals surface area contributed by atoms with Crippen LogP contribution in [-0.4, -0.2) is 43.2 Å². The SMILES string of the molecule is COc1cccc(S(=O)(=O)NCCCCNc2cc(-c3ccccc3Cl)nc3c(Br)cnn23)c1. The predicted octanol–water partition coefficient (Wildman–Crippen LogP) is 4.99. The lowest BCUT2D eigenvalue weighted by Crippen LogP contribution is -2.25. The van der Waals surface area contributed by atoms with Crippen LogP contribution in [0.15, 0.2) is 70.2 Å². The van der Waals surface area contributed by atoms with Crippen LogP contribution in [0.3, 0.4) is 0 Å². The second kappa shape index (κ2) is 10.7. The van der Waals surface area contributed by atoms with Gasteiger partial charge in [-0.15, -0.1) is 0 Å². The molecule has 2 N–H and O–H groups in total. The van der Waals surface area contributed by atoms with Crippen LogP contribution in [0.5, 0.6) is 5.75 Å². The molecule has 0 fully saturated rings. The van der Waals surface area contributed by atoms with Crippen LogP contribution in [0.4, 0.5) is 5.82 Å². The summed E-state index contributed by atoms with van der Waals surface area (Å²) in [5.74, 6) is 1.26. The molecule has 0 saturated carbocycles. The zero-order chi connectivity index (χ0) is 24.1. The molecule has 11 heteroatoms. The van der Waals surface area contributed by atoms with Gasteiger partial charge in [-0.05, 0) is 47.0 Å². The first kappa shape index (κ1) is 24.5. The molecule has 0 aliphatic heterocycles. The Morgan fingerprint density at radius 3 is 2.68 bits per heavy atom. The lowest BCUT2D eigenvalue weighted by molar-refractivity contribution is 0.413. The molecule has 2 aromatic carbocycles. The van der Waals surface area contributed by atoms with Gasteiger partial charge < -0.3 is 10.1 Å². The van der Waals surface area contributed by atoms with Gasteiger partial charge in [-0.3, -0.25) is 0 Å². The molecule has 0 atom stereocenters. The first-order valence-corrected chi connectivity index (χ1v) is 13.2. The Kier molecular flexibility index (Phi) is 7.72. The van der Waals surface area contributed by atoms with E-state index in [2.05, 4.69) is 31.1 Å². The molecule has 0 unspecified atom stereocenters. The lowest BCUT2D eigenvalue weighted by Gasteiger charge is -2.12. The molecule has 0 radical (unpaired) electrons. The number of nitrogens with one attached hydrogen (secondary N) is 2. The van der Waals surface area contributed by atoms with Crippen LogP contribution in [0.1, 0.15) is 12.8 Å². The fraction of sp³-hybridized carbons (Fsp3) is 0.217. The van der Waals surface area contributed by atoms with Gasteiger partial charge in [0.1, 0.15) is 11.6 Å². The first-order chi connectivity index (χ1) is 16.4. The molecule has 4 aromatic rings. The molecule has 0 aliphatic rings. The quantitative estimate of drug-likeness (QED) is 0.263. The van der Waals surface area contributed by atoms with Crippen molar-refractivity contribution in [2.45, 2.75) is 17.7 Å². The van der Waals surface area contributed by atoms with Crippen LogP contribution in [-0.2, 0) is 10.0 Å². The third kappa shape index (κ3) is 5.52. The summed E-state index contributed by atoms with van der Waals surface area (Å²) in [6.07, 6.45) is 3.09. The zero-order valence-electron chi connectivity index (χ0n) is 18.3. The van der Waals surface area contributed by atoms with Gasteiger partial charge in [0, 0.05) is 35.8 Å². The highest BCUT2D eigenvalue weighted by molar-refractivity contribution is 9.10. The summed E-state index contributed by atoms with van der Waals surface area (Å²) in [6, 6.07) is 15.8. The molecule has 0 spiro atoms. The monoisotopic (exact) mass is 563 g/mol. The first-order valence-electron chi connectivity index (χ1n) is 10.6. The third-order valence-electron chi connectivity index (χ3n) is 5.13. The van der Waals surface area contributed by atoms with Gasteiger partial charge in [0.05, 0.1) is 28.4 Å². The number of nitrogens with zero attached hydrogens (tertiary/aromatic N) is 3. The van der Waals surface area contributed by atoms with Crippen molar-refractivity contribution in [3.05, 3.63) is 70.3 Å². The van der Waals surface area contributed by atoms with Crippen molar-refractivity contribution < 1.29 is 13.2 Å². The van der Waals surface area contributed by atoms with E-state index in [4.69, 9.17) is 21.3 Å². The van der Waals surface area contributed by atoms with Gasteiger partial charge in [0.25, 0.3) is 0 Å². The lowest BCUT2D eigenvalue weighted by atomic mass is 10.1. The number of unbranched alkanes of at least 4 members (excludes halogenated alkanes) is 1. The average Bonchev–Trinajstić information content (AvgIpc) is 3.22. The Morgan fingerprint density at radius 2 is 1.88 bits per heavy atom. The minimum Gasteiger partial charge on any atom is -0.497 e. The zero-order valence-corrected chi connectivity index (χ0v) is 21.5. The highest BCUT2D eigenvalue weighted by Crippen LogP contribution is 2.30. The molecular formula is C23H23BrClN5O3S. The Morgan fingerprint density at radius 1 is 1.09 bits per heavy atom. The number of anilines is 1. The molecule has 4 rings (SSSR count). The Balaban J connectivity index is 1.38. The van der Waals surface area contributed by atoms with Crippen molar-refractivity contribution in [2.24, 2.45) is 0 Å². The molecule has 0 amide bonds. The number of benzene rings is 2. The molecule has 34 heavy (non-hydrogen) atoms. The van der Waals surface area contributed by atoms with Gasteiger partial charge in [-0.1, -0.05) is 35.9 Å². The predicted molar refractivity (Wildman–Crippen MR) is 137 cm³/mol. The van der Waals surface area contributed by atoms with Crippen LogP contribution >= 0.6 is 27.5 Å². The topological polar surface area (TPSA) is 97.6 Å². The molecule has 178 valence electrons. The molecule has 0 saturated heterocycles. The number of rotatable bonds is 10. The number of sulfonamides is 1. The van der Waals surface area contributed by atoms with Crippen molar-refractivity contribution in [2.75, 3.05) is 25.5 Å².